The first-order valence-corrected chi connectivity index (χ1v) is 6.40. The van der Waals surface area contributed by atoms with Crippen molar-refractivity contribution in [3.8, 4) is 0 Å². The molecule has 1 aromatic rings. The summed E-state index contributed by atoms with van der Waals surface area (Å²) in [7, 11) is 1.71. The Morgan fingerprint density at radius 3 is 3.06 bits per heavy atom. The number of rotatable bonds is 4. The van der Waals surface area contributed by atoms with E-state index in [-0.39, 0.29) is 6.04 Å². The molecule has 1 aromatic heterocycles. The van der Waals surface area contributed by atoms with Crippen molar-refractivity contribution in [3.05, 3.63) is 16.9 Å². The van der Waals surface area contributed by atoms with Crippen molar-refractivity contribution in [2.24, 2.45) is 0 Å². The average molecular weight is 289 g/mol. The largest absolute Gasteiger partial charge is 0.351 e. The molecule has 0 aliphatic heterocycles. The van der Waals surface area contributed by atoms with E-state index in [1.54, 1.807) is 13.3 Å². The van der Waals surface area contributed by atoms with E-state index in [9.17, 15) is 0 Å². The fourth-order valence-electron chi connectivity index (χ4n) is 2.46. The zero-order chi connectivity index (χ0) is 11.6. The third-order valence-electron chi connectivity index (χ3n) is 3.13. The molecule has 0 radical (unpaired) electrons. The van der Waals surface area contributed by atoms with Gasteiger partial charge >= 0.3 is 0 Å². The minimum atomic E-state index is -0.500. The highest BCUT2D eigenvalue weighted by Crippen LogP contribution is 2.42. The summed E-state index contributed by atoms with van der Waals surface area (Å²) in [5, 5.41) is 4.33. The van der Waals surface area contributed by atoms with Crippen molar-refractivity contribution in [3.63, 3.8) is 0 Å². The van der Waals surface area contributed by atoms with Crippen molar-refractivity contribution in [1.29, 1.82) is 0 Å². The number of nitrogens with zero attached hydrogens (tertiary/aromatic N) is 2. The van der Waals surface area contributed by atoms with Gasteiger partial charge in [-0.1, -0.05) is 0 Å². The van der Waals surface area contributed by atoms with Gasteiger partial charge in [0.05, 0.1) is 10.7 Å². The lowest BCUT2D eigenvalue weighted by Gasteiger charge is -2.33. The van der Waals surface area contributed by atoms with E-state index in [4.69, 9.17) is 9.47 Å². The van der Waals surface area contributed by atoms with E-state index in [1.165, 1.54) is 0 Å². The molecule has 2 atom stereocenters. The molecule has 1 heterocycles. The van der Waals surface area contributed by atoms with E-state index < -0.39 is 5.79 Å². The fourth-order valence-corrected chi connectivity index (χ4v) is 2.76. The molecule has 2 rings (SSSR count). The first kappa shape index (κ1) is 12.1. The van der Waals surface area contributed by atoms with Crippen LogP contribution < -0.4 is 0 Å². The van der Waals surface area contributed by atoms with Gasteiger partial charge < -0.3 is 9.47 Å². The number of halogens is 1. The van der Waals surface area contributed by atoms with Crippen LogP contribution in [-0.4, -0.2) is 29.3 Å². The Bertz CT molecular complexity index is 356. The van der Waals surface area contributed by atoms with Crippen molar-refractivity contribution in [2.75, 3.05) is 13.7 Å². The lowest BCUT2D eigenvalue weighted by molar-refractivity contribution is -0.237. The zero-order valence-electron chi connectivity index (χ0n) is 9.65. The third-order valence-corrected chi connectivity index (χ3v) is 3.54. The topological polar surface area (TPSA) is 36.3 Å². The van der Waals surface area contributed by atoms with Crippen LogP contribution in [-0.2, 0) is 9.47 Å². The smallest absolute Gasteiger partial charge is 0.190 e. The van der Waals surface area contributed by atoms with Crippen molar-refractivity contribution in [1.82, 2.24) is 9.78 Å². The van der Waals surface area contributed by atoms with E-state index in [0.29, 0.717) is 6.61 Å². The molecule has 1 aliphatic rings. The van der Waals surface area contributed by atoms with Gasteiger partial charge in [-0.05, 0) is 35.7 Å². The molecule has 5 heteroatoms. The second kappa shape index (κ2) is 4.85. The first-order valence-electron chi connectivity index (χ1n) is 5.60. The Morgan fingerprint density at radius 1 is 1.69 bits per heavy atom. The van der Waals surface area contributed by atoms with Gasteiger partial charge in [-0.25, -0.2) is 0 Å². The third kappa shape index (κ3) is 2.04. The second-order valence-corrected chi connectivity index (χ2v) is 4.91. The molecule has 1 fully saturated rings. The van der Waals surface area contributed by atoms with E-state index >= 15 is 0 Å². The molecule has 2 unspecified atom stereocenters. The molecule has 0 aromatic carbocycles. The minimum absolute atomic E-state index is 0.170. The maximum Gasteiger partial charge on any atom is 0.190 e. The van der Waals surface area contributed by atoms with Crippen molar-refractivity contribution < 1.29 is 9.47 Å². The number of aromatic nitrogens is 2. The van der Waals surface area contributed by atoms with E-state index in [0.717, 1.165) is 23.7 Å². The Morgan fingerprint density at radius 2 is 2.50 bits per heavy atom. The summed E-state index contributed by atoms with van der Waals surface area (Å²) >= 11 is 3.41. The Labute approximate surface area is 104 Å². The molecule has 0 spiro atoms. The van der Waals surface area contributed by atoms with Crippen molar-refractivity contribution in [2.45, 2.75) is 38.0 Å². The number of methoxy groups -OCH3 is 1. The van der Waals surface area contributed by atoms with Crippen LogP contribution in [0.15, 0.2) is 16.9 Å². The lowest BCUT2D eigenvalue weighted by atomic mass is 10.1. The summed E-state index contributed by atoms with van der Waals surface area (Å²) < 4.78 is 14.4. The summed E-state index contributed by atoms with van der Waals surface area (Å²) in [5.41, 5.74) is 0. The maximum atomic E-state index is 5.82. The van der Waals surface area contributed by atoms with Gasteiger partial charge in [0.1, 0.15) is 6.04 Å². The van der Waals surface area contributed by atoms with Crippen molar-refractivity contribution >= 4 is 15.9 Å². The van der Waals surface area contributed by atoms with Crippen LogP contribution >= 0.6 is 15.9 Å². The Hall–Kier alpha value is -0.390. The first-order chi connectivity index (χ1) is 7.72. The monoisotopic (exact) mass is 288 g/mol. The quantitative estimate of drug-likeness (QED) is 0.800. The molecule has 1 saturated carbocycles. The van der Waals surface area contributed by atoms with Gasteiger partial charge in [0.2, 0.25) is 0 Å². The van der Waals surface area contributed by atoms with E-state index in [2.05, 4.69) is 21.0 Å². The summed E-state index contributed by atoms with van der Waals surface area (Å²) in [6.07, 6.45) is 6.85. The maximum absolute atomic E-state index is 5.82. The molecule has 0 bridgehead atoms. The minimum Gasteiger partial charge on any atom is -0.351 e. The van der Waals surface area contributed by atoms with Gasteiger partial charge in [0, 0.05) is 26.3 Å². The summed E-state index contributed by atoms with van der Waals surface area (Å²) in [4.78, 5) is 0. The standard InChI is InChI=1S/C11H17BrN2O2/c1-3-16-11(15-2)6-4-5-10(11)14-8-9(12)7-13-14/h7-8,10H,3-6H2,1-2H3. The predicted molar refractivity (Wildman–Crippen MR) is 64.2 cm³/mol. The number of hydrogen-bond acceptors (Lipinski definition) is 3. The van der Waals surface area contributed by atoms with Gasteiger partial charge in [-0.3, -0.25) is 4.68 Å². The van der Waals surface area contributed by atoms with Crippen LogP contribution in [0.3, 0.4) is 0 Å². The molecule has 0 N–H and O–H groups in total. The summed E-state index contributed by atoms with van der Waals surface area (Å²) in [6, 6.07) is 0.170. The zero-order valence-corrected chi connectivity index (χ0v) is 11.2. The van der Waals surface area contributed by atoms with Crippen LogP contribution in [0.2, 0.25) is 0 Å². The van der Waals surface area contributed by atoms with Crippen LogP contribution in [0.4, 0.5) is 0 Å². The molecule has 0 amide bonds. The van der Waals surface area contributed by atoms with Crippen LogP contribution in [0.25, 0.3) is 0 Å². The molecule has 16 heavy (non-hydrogen) atoms. The van der Waals surface area contributed by atoms with Crippen LogP contribution in [0.5, 0.6) is 0 Å². The van der Waals surface area contributed by atoms with Crippen LogP contribution in [0, 0.1) is 0 Å². The molecule has 1 aliphatic carbocycles. The lowest BCUT2D eigenvalue weighted by Crippen LogP contribution is -2.40. The normalized spacial score (nSPS) is 29.8. The van der Waals surface area contributed by atoms with Gasteiger partial charge in [-0.15, -0.1) is 0 Å². The molecule has 0 saturated heterocycles. The second-order valence-electron chi connectivity index (χ2n) is 4.00. The summed E-state index contributed by atoms with van der Waals surface area (Å²) in [6.45, 7) is 2.65. The van der Waals surface area contributed by atoms with Crippen LogP contribution in [0.1, 0.15) is 32.2 Å². The fraction of sp³-hybridized carbons (Fsp3) is 0.727. The van der Waals surface area contributed by atoms with Gasteiger partial charge in [0.25, 0.3) is 0 Å². The molecular formula is C11H17BrN2O2. The average Bonchev–Trinajstić information content (AvgIpc) is 2.85. The van der Waals surface area contributed by atoms with Gasteiger partial charge in [0.15, 0.2) is 5.79 Å². The molecular weight excluding hydrogens is 272 g/mol. The van der Waals surface area contributed by atoms with E-state index in [1.807, 2.05) is 17.8 Å². The SMILES string of the molecule is CCOC1(OC)CCCC1n1cc(Br)cn1. The van der Waals surface area contributed by atoms with Gasteiger partial charge in [-0.2, -0.15) is 5.10 Å². The molecule has 4 nitrogen and oxygen atoms in total. The number of hydrogen-bond donors (Lipinski definition) is 0. The predicted octanol–water partition coefficient (Wildman–Crippen LogP) is 2.75. The Kier molecular flexibility index (Phi) is 3.66. The highest BCUT2D eigenvalue weighted by molar-refractivity contribution is 9.10. The highest BCUT2D eigenvalue weighted by Gasteiger charge is 2.45. The number of ether oxygens (including phenoxy) is 2. The summed E-state index contributed by atoms with van der Waals surface area (Å²) in [5.74, 6) is -0.500. The Balaban J connectivity index is 2.25. The highest BCUT2D eigenvalue weighted by atomic mass is 79.9. The molecule has 90 valence electrons.